The summed E-state index contributed by atoms with van der Waals surface area (Å²) in [4.78, 5) is 24.6. The Morgan fingerprint density at radius 2 is 0.618 bits per heavy atom. The van der Waals surface area contributed by atoms with Gasteiger partial charge in [-0.05, 0) is 57.8 Å². The van der Waals surface area contributed by atoms with Crippen molar-refractivity contribution in [2.75, 3.05) is 13.2 Å². The maximum Gasteiger partial charge on any atom is 0.305 e. The molecule has 0 aliphatic heterocycles. The standard InChI is InChI=1S/C70H135NO5/c1-3-5-7-9-11-13-15-17-19-21-28-31-34-38-42-46-50-54-58-62-68(73)67(66-72)71-69(74)63-59-55-51-47-43-39-35-32-29-26-24-22-23-25-27-30-33-37-41-45-49-53-57-61-65-76-70(75)64-60-56-52-48-44-40-36-20-18-16-14-12-10-8-6-4-2/h24,26,58,62,67-68,72-73H,3-23,25,27-57,59-61,63-66H2,1-2H3,(H,71,74)/b26-24-,62-58+. The van der Waals surface area contributed by atoms with E-state index in [0.29, 0.717) is 19.4 Å². The van der Waals surface area contributed by atoms with Crippen molar-refractivity contribution in [3.63, 3.8) is 0 Å². The zero-order valence-electron chi connectivity index (χ0n) is 51.5. The normalized spacial score (nSPS) is 12.6. The van der Waals surface area contributed by atoms with Gasteiger partial charge in [0.25, 0.3) is 0 Å². The highest BCUT2D eigenvalue weighted by Gasteiger charge is 2.18. The van der Waals surface area contributed by atoms with Crippen LogP contribution < -0.4 is 5.32 Å². The van der Waals surface area contributed by atoms with E-state index < -0.39 is 12.1 Å². The highest BCUT2D eigenvalue weighted by molar-refractivity contribution is 5.76. The first-order valence-electron chi connectivity index (χ1n) is 34.6. The molecule has 0 aromatic heterocycles. The second-order valence-electron chi connectivity index (χ2n) is 23.9. The Kier molecular flexibility index (Phi) is 64.4. The molecule has 0 aliphatic carbocycles. The molecule has 0 aromatic carbocycles. The minimum absolute atomic E-state index is 0.0162. The number of nitrogens with one attached hydrogen (secondary N) is 1. The minimum atomic E-state index is -0.848. The summed E-state index contributed by atoms with van der Waals surface area (Å²) >= 11 is 0. The number of esters is 1. The Labute approximate surface area is 475 Å². The van der Waals surface area contributed by atoms with Crippen LogP contribution in [0.25, 0.3) is 0 Å². The number of ether oxygens (including phenoxy) is 1. The molecule has 0 aliphatic rings. The highest BCUT2D eigenvalue weighted by Crippen LogP contribution is 2.18. The highest BCUT2D eigenvalue weighted by atomic mass is 16.5. The van der Waals surface area contributed by atoms with E-state index in [2.05, 4.69) is 31.3 Å². The van der Waals surface area contributed by atoms with Crippen LogP contribution in [-0.4, -0.2) is 47.4 Å². The molecule has 6 heteroatoms. The maximum absolute atomic E-state index is 12.5. The van der Waals surface area contributed by atoms with Gasteiger partial charge in [-0.1, -0.05) is 340 Å². The lowest BCUT2D eigenvalue weighted by atomic mass is 10.0. The predicted molar refractivity (Wildman–Crippen MR) is 333 cm³/mol. The van der Waals surface area contributed by atoms with Gasteiger partial charge in [0.05, 0.1) is 25.4 Å². The van der Waals surface area contributed by atoms with Crippen LogP contribution in [0.15, 0.2) is 24.3 Å². The molecule has 0 radical (unpaired) electrons. The van der Waals surface area contributed by atoms with Gasteiger partial charge in [0, 0.05) is 12.8 Å². The van der Waals surface area contributed by atoms with Crippen molar-refractivity contribution < 1.29 is 24.5 Å². The first-order valence-corrected chi connectivity index (χ1v) is 34.6. The van der Waals surface area contributed by atoms with Crippen LogP contribution in [0.3, 0.4) is 0 Å². The molecule has 76 heavy (non-hydrogen) atoms. The second kappa shape index (κ2) is 65.9. The molecule has 6 nitrogen and oxygen atoms in total. The number of aliphatic hydroxyl groups excluding tert-OH is 2. The van der Waals surface area contributed by atoms with Crippen LogP contribution in [-0.2, 0) is 14.3 Å². The van der Waals surface area contributed by atoms with E-state index in [4.69, 9.17) is 4.74 Å². The van der Waals surface area contributed by atoms with E-state index in [9.17, 15) is 19.8 Å². The number of unbranched alkanes of at least 4 members (excludes halogenated alkanes) is 52. The van der Waals surface area contributed by atoms with Gasteiger partial charge in [-0.25, -0.2) is 0 Å². The maximum atomic E-state index is 12.5. The first-order chi connectivity index (χ1) is 37.5. The second-order valence-corrected chi connectivity index (χ2v) is 23.9. The van der Waals surface area contributed by atoms with Crippen molar-refractivity contribution in [2.24, 2.45) is 0 Å². The van der Waals surface area contributed by atoms with Gasteiger partial charge in [0.2, 0.25) is 5.91 Å². The van der Waals surface area contributed by atoms with E-state index in [1.54, 1.807) is 6.08 Å². The average molecular weight is 1070 g/mol. The van der Waals surface area contributed by atoms with Crippen molar-refractivity contribution in [3.8, 4) is 0 Å². The summed E-state index contributed by atoms with van der Waals surface area (Å²) in [6.45, 7) is 4.94. The molecular formula is C70H135NO5. The number of rotatable bonds is 65. The molecule has 0 rings (SSSR count). The van der Waals surface area contributed by atoms with Gasteiger partial charge in [-0.15, -0.1) is 0 Å². The van der Waals surface area contributed by atoms with E-state index in [-0.39, 0.29) is 18.5 Å². The summed E-state index contributed by atoms with van der Waals surface area (Å²) in [7, 11) is 0. The average Bonchev–Trinajstić information content (AvgIpc) is 3.42. The third-order valence-corrected chi connectivity index (χ3v) is 16.2. The number of carbonyl (C=O) groups excluding carboxylic acids is 2. The Morgan fingerprint density at radius 3 is 0.934 bits per heavy atom. The summed E-state index contributed by atoms with van der Waals surface area (Å²) in [5.41, 5.74) is 0. The number of allylic oxidation sites excluding steroid dienone is 3. The number of carbonyl (C=O) groups is 2. The zero-order valence-corrected chi connectivity index (χ0v) is 51.5. The van der Waals surface area contributed by atoms with Crippen LogP contribution >= 0.6 is 0 Å². The Bertz CT molecular complexity index is 1190. The molecule has 0 spiro atoms. The lowest BCUT2D eigenvalue weighted by Gasteiger charge is -2.20. The number of hydrogen-bond acceptors (Lipinski definition) is 5. The van der Waals surface area contributed by atoms with Crippen molar-refractivity contribution in [2.45, 2.75) is 398 Å². The summed E-state index contributed by atoms with van der Waals surface area (Å²) in [5.74, 6) is -0.0528. The molecule has 0 saturated carbocycles. The number of aliphatic hydroxyl groups is 2. The molecule has 0 fully saturated rings. The molecule has 450 valence electrons. The lowest BCUT2D eigenvalue weighted by Crippen LogP contribution is -2.45. The minimum Gasteiger partial charge on any atom is -0.466 e. The predicted octanol–water partition coefficient (Wildman–Crippen LogP) is 22.1. The lowest BCUT2D eigenvalue weighted by molar-refractivity contribution is -0.143. The zero-order chi connectivity index (χ0) is 55.0. The molecule has 0 bridgehead atoms. The quantitative estimate of drug-likeness (QED) is 0.0320. The third kappa shape index (κ3) is 61.6. The fraction of sp³-hybridized carbons (Fsp3) is 0.914. The first kappa shape index (κ1) is 74.3. The van der Waals surface area contributed by atoms with E-state index in [1.165, 1.54) is 321 Å². The van der Waals surface area contributed by atoms with Crippen molar-refractivity contribution >= 4 is 11.9 Å². The smallest absolute Gasteiger partial charge is 0.305 e. The number of amides is 1. The van der Waals surface area contributed by atoms with Gasteiger partial charge < -0.3 is 20.3 Å². The summed E-state index contributed by atoms with van der Waals surface area (Å²) in [6.07, 6.45) is 82.4. The van der Waals surface area contributed by atoms with E-state index >= 15 is 0 Å². The summed E-state index contributed by atoms with van der Waals surface area (Å²) < 4.78 is 5.50. The van der Waals surface area contributed by atoms with Crippen LogP contribution in [0.5, 0.6) is 0 Å². The molecule has 0 heterocycles. The molecule has 0 aromatic rings. The Hall–Kier alpha value is -1.66. The molecule has 2 atom stereocenters. The van der Waals surface area contributed by atoms with E-state index in [1.807, 2.05) is 6.08 Å². The summed E-state index contributed by atoms with van der Waals surface area (Å²) in [5, 5.41) is 23.2. The van der Waals surface area contributed by atoms with Gasteiger partial charge in [0.1, 0.15) is 0 Å². The van der Waals surface area contributed by atoms with Crippen LogP contribution in [0.1, 0.15) is 386 Å². The van der Waals surface area contributed by atoms with Crippen LogP contribution in [0.4, 0.5) is 0 Å². The van der Waals surface area contributed by atoms with E-state index in [0.717, 1.165) is 38.5 Å². The molecular weight excluding hydrogens is 935 g/mol. The monoisotopic (exact) mass is 1070 g/mol. The van der Waals surface area contributed by atoms with Crippen LogP contribution in [0, 0.1) is 0 Å². The molecule has 1 amide bonds. The van der Waals surface area contributed by atoms with Crippen molar-refractivity contribution in [3.05, 3.63) is 24.3 Å². The van der Waals surface area contributed by atoms with Crippen LogP contribution in [0.2, 0.25) is 0 Å². The fourth-order valence-corrected chi connectivity index (χ4v) is 10.9. The SMILES string of the molecule is CCCCCCCCCCCCCCCCCCC/C=C/C(O)C(CO)NC(=O)CCCCCCCCCC/C=C\CCCCCCCCCCCCCCOC(=O)CCCCCCCCCCCCCCCCCC. The van der Waals surface area contributed by atoms with Crippen molar-refractivity contribution in [1.82, 2.24) is 5.32 Å². The van der Waals surface area contributed by atoms with Gasteiger partial charge in [-0.2, -0.15) is 0 Å². The van der Waals surface area contributed by atoms with Gasteiger partial charge in [-0.3, -0.25) is 9.59 Å². The fourth-order valence-electron chi connectivity index (χ4n) is 10.9. The molecule has 0 saturated heterocycles. The molecule has 3 N–H and O–H groups in total. The number of hydrogen-bond donors (Lipinski definition) is 3. The third-order valence-electron chi connectivity index (χ3n) is 16.2. The topological polar surface area (TPSA) is 95.9 Å². The largest absolute Gasteiger partial charge is 0.466 e. The van der Waals surface area contributed by atoms with Gasteiger partial charge >= 0.3 is 5.97 Å². The van der Waals surface area contributed by atoms with Crippen molar-refractivity contribution in [1.29, 1.82) is 0 Å². The molecule has 2 unspecified atom stereocenters. The Morgan fingerprint density at radius 1 is 0.355 bits per heavy atom. The Balaban J connectivity index is 3.41. The van der Waals surface area contributed by atoms with Gasteiger partial charge in [0.15, 0.2) is 0 Å². The summed E-state index contributed by atoms with van der Waals surface area (Å²) in [6, 6.07) is -0.632.